The van der Waals surface area contributed by atoms with Crippen LogP contribution >= 0.6 is 0 Å². The molecule has 0 amide bonds. The number of benzene rings is 3. The predicted molar refractivity (Wildman–Crippen MR) is 114 cm³/mol. The van der Waals surface area contributed by atoms with Crippen molar-refractivity contribution in [2.24, 2.45) is 5.14 Å². The van der Waals surface area contributed by atoms with E-state index in [4.69, 9.17) is 23.8 Å². The molecule has 176 valence electrons. The van der Waals surface area contributed by atoms with Crippen molar-refractivity contribution in [3.8, 4) is 22.5 Å². The second-order valence-electron chi connectivity index (χ2n) is 7.18. The van der Waals surface area contributed by atoms with Crippen molar-refractivity contribution < 1.29 is 41.9 Å². The molecule has 0 aliphatic carbocycles. The van der Waals surface area contributed by atoms with E-state index >= 15 is 0 Å². The third kappa shape index (κ3) is 7.44. The van der Waals surface area contributed by atoms with Crippen LogP contribution in [-0.2, 0) is 16.6 Å². The summed E-state index contributed by atoms with van der Waals surface area (Å²) in [6, 6.07) is 33.4. The molecule has 2 N–H and O–H groups in total. The Labute approximate surface area is 199 Å². The Morgan fingerprint density at radius 2 is 1.06 bits per heavy atom. The molecular weight excluding hydrogens is 480 g/mol. The standard InChI is InChI=1S/C24H21N2O2S.ClHO4/c25-29(27,28)22-16-14-19(15-17-22)18-26-23(20-8-3-1-4-9-20)12-7-13-24(26)21-10-5-2-6-11-21;2-1(3,4)5/h1-17H,18H2,(H2,25,27,28);(H,2,3,4,5)/q+1;/p-1. The van der Waals surface area contributed by atoms with Gasteiger partial charge in [-0.05, 0) is 42.5 Å². The van der Waals surface area contributed by atoms with E-state index in [-0.39, 0.29) is 4.90 Å². The Kier molecular flexibility index (Phi) is 8.13. The maximum absolute atomic E-state index is 11.6. The predicted octanol–water partition coefficient (Wildman–Crippen LogP) is -0.752. The van der Waals surface area contributed by atoms with Gasteiger partial charge in [-0.2, -0.15) is 4.57 Å². The van der Waals surface area contributed by atoms with Gasteiger partial charge in [-0.15, -0.1) is 10.2 Å². The second kappa shape index (κ2) is 10.9. The summed E-state index contributed by atoms with van der Waals surface area (Å²) in [6.45, 7) is 0.597. The van der Waals surface area contributed by atoms with Gasteiger partial charge in [-0.1, -0.05) is 48.5 Å². The Bertz CT molecular complexity index is 1260. The van der Waals surface area contributed by atoms with Crippen molar-refractivity contribution in [3.05, 3.63) is 109 Å². The van der Waals surface area contributed by atoms with Crippen molar-refractivity contribution in [1.82, 2.24) is 0 Å². The molecule has 4 aromatic rings. The van der Waals surface area contributed by atoms with Crippen molar-refractivity contribution in [2.75, 3.05) is 0 Å². The molecule has 0 unspecified atom stereocenters. The minimum absolute atomic E-state index is 0.117. The lowest BCUT2D eigenvalue weighted by Gasteiger charge is -2.17. The van der Waals surface area contributed by atoms with Gasteiger partial charge in [-0.25, -0.2) is 32.2 Å². The van der Waals surface area contributed by atoms with Gasteiger partial charge in [0.25, 0.3) is 0 Å². The Balaban J connectivity index is 0.000000588. The highest BCUT2D eigenvalue weighted by Gasteiger charge is 2.20. The third-order valence-electron chi connectivity index (χ3n) is 4.82. The fourth-order valence-electron chi connectivity index (χ4n) is 3.40. The van der Waals surface area contributed by atoms with Crippen LogP contribution < -0.4 is 28.3 Å². The number of primary sulfonamides is 1. The summed E-state index contributed by atoms with van der Waals surface area (Å²) < 4.78 is 59.3. The lowest BCUT2D eigenvalue weighted by molar-refractivity contribution is -2.00. The Hall–Kier alpha value is -3.15. The smallest absolute Gasteiger partial charge is 0.225 e. The number of nitrogens with zero attached hydrogens (tertiary/aromatic N) is 1. The van der Waals surface area contributed by atoms with Gasteiger partial charge in [0.05, 0.1) is 4.90 Å². The number of sulfonamides is 1. The van der Waals surface area contributed by atoms with Gasteiger partial charge in [0, 0.05) is 28.8 Å². The quantitative estimate of drug-likeness (QED) is 0.355. The normalized spacial score (nSPS) is 11.4. The van der Waals surface area contributed by atoms with Crippen LogP contribution in [0.5, 0.6) is 0 Å². The van der Waals surface area contributed by atoms with E-state index in [0.29, 0.717) is 6.54 Å². The molecule has 8 nitrogen and oxygen atoms in total. The van der Waals surface area contributed by atoms with E-state index in [2.05, 4.69) is 47.0 Å². The zero-order valence-corrected chi connectivity index (χ0v) is 19.4. The average Bonchev–Trinajstić information content (AvgIpc) is 2.79. The van der Waals surface area contributed by atoms with Crippen LogP contribution in [-0.4, -0.2) is 8.42 Å². The van der Waals surface area contributed by atoms with Gasteiger partial charge in [0.2, 0.25) is 21.4 Å². The van der Waals surface area contributed by atoms with Gasteiger partial charge in [0.15, 0.2) is 6.54 Å². The van der Waals surface area contributed by atoms with Crippen LogP contribution in [0.4, 0.5) is 0 Å². The molecule has 10 heteroatoms. The van der Waals surface area contributed by atoms with E-state index < -0.39 is 20.3 Å². The topological polar surface area (TPSA) is 156 Å². The molecule has 3 aromatic carbocycles. The zero-order chi connectivity index (χ0) is 24.8. The lowest BCUT2D eigenvalue weighted by Crippen LogP contribution is -2.68. The van der Waals surface area contributed by atoms with Crippen LogP contribution in [0.2, 0.25) is 0 Å². The molecule has 0 spiro atoms. The lowest BCUT2D eigenvalue weighted by atomic mass is 10.1. The van der Waals surface area contributed by atoms with Gasteiger partial charge >= 0.3 is 0 Å². The first kappa shape index (κ1) is 25.5. The van der Waals surface area contributed by atoms with Crippen LogP contribution in [0.25, 0.3) is 22.5 Å². The molecule has 1 heterocycles. The van der Waals surface area contributed by atoms with E-state index in [1.807, 2.05) is 48.5 Å². The molecule has 0 aliphatic heterocycles. The molecule has 1 aromatic heterocycles. The minimum Gasteiger partial charge on any atom is -0.225 e. The second-order valence-corrected chi connectivity index (χ2v) is 9.50. The number of pyridine rings is 1. The van der Waals surface area contributed by atoms with Crippen molar-refractivity contribution in [3.63, 3.8) is 0 Å². The molecule has 0 saturated carbocycles. The summed E-state index contributed by atoms with van der Waals surface area (Å²) >= 11 is 0. The molecule has 0 saturated heterocycles. The van der Waals surface area contributed by atoms with Crippen LogP contribution in [0, 0.1) is 10.2 Å². The van der Waals surface area contributed by atoms with Gasteiger partial charge < -0.3 is 0 Å². The van der Waals surface area contributed by atoms with Gasteiger partial charge in [-0.3, -0.25) is 0 Å². The highest BCUT2D eigenvalue weighted by atomic mass is 35.7. The SMILES string of the molecule is NS(=O)(=O)c1ccc(C[n+]2c(-c3ccccc3)cccc2-c2ccccc2)cc1.[O-][Cl+3]([O-])([O-])[O-]. The fourth-order valence-corrected chi connectivity index (χ4v) is 3.91. The monoisotopic (exact) mass is 500 g/mol. The Morgan fingerprint density at radius 1 is 0.647 bits per heavy atom. The van der Waals surface area contributed by atoms with E-state index in [1.165, 1.54) is 0 Å². The summed E-state index contributed by atoms with van der Waals surface area (Å²) in [6.07, 6.45) is 0. The molecule has 0 fully saturated rings. The largest absolute Gasteiger partial charge is 0.238 e. The number of aromatic nitrogens is 1. The zero-order valence-electron chi connectivity index (χ0n) is 17.8. The first-order valence-corrected chi connectivity index (χ1v) is 12.7. The molecule has 0 atom stereocenters. The maximum Gasteiger partial charge on any atom is 0.238 e. The number of halogens is 1. The molecule has 0 radical (unpaired) electrons. The molecule has 0 aliphatic rings. The summed E-state index contributed by atoms with van der Waals surface area (Å²) in [7, 11) is -8.65. The summed E-state index contributed by atoms with van der Waals surface area (Å²) in [5.41, 5.74) is 5.39. The average molecular weight is 501 g/mol. The number of nitrogens with two attached hydrogens (primary N) is 1. The fraction of sp³-hybridized carbons (Fsp3) is 0.0417. The van der Waals surface area contributed by atoms with Crippen LogP contribution in [0.15, 0.2) is 108 Å². The highest BCUT2D eigenvalue weighted by Crippen LogP contribution is 2.22. The summed E-state index contributed by atoms with van der Waals surface area (Å²) in [5.74, 6) is 0. The van der Waals surface area contributed by atoms with E-state index in [0.717, 1.165) is 28.1 Å². The van der Waals surface area contributed by atoms with Gasteiger partial charge in [0.1, 0.15) is 0 Å². The minimum atomic E-state index is -4.94. The number of rotatable bonds is 5. The molecular formula is C24H21ClN2O6S. The highest BCUT2D eigenvalue weighted by molar-refractivity contribution is 7.89. The molecule has 34 heavy (non-hydrogen) atoms. The van der Waals surface area contributed by atoms with Crippen molar-refractivity contribution in [2.45, 2.75) is 11.4 Å². The van der Waals surface area contributed by atoms with E-state index in [1.54, 1.807) is 12.1 Å². The molecule has 0 bridgehead atoms. The number of hydrogen-bond acceptors (Lipinski definition) is 6. The maximum atomic E-state index is 11.6. The van der Waals surface area contributed by atoms with E-state index in [9.17, 15) is 8.42 Å². The third-order valence-corrected chi connectivity index (χ3v) is 5.75. The Morgan fingerprint density at radius 3 is 1.44 bits per heavy atom. The van der Waals surface area contributed by atoms with Crippen molar-refractivity contribution >= 4 is 10.0 Å². The number of hydrogen-bond donors (Lipinski definition) is 1. The summed E-state index contributed by atoms with van der Waals surface area (Å²) in [5, 5.41) is 5.23. The first-order chi connectivity index (χ1) is 16.0. The molecule has 4 rings (SSSR count). The van der Waals surface area contributed by atoms with Crippen molar-refractivity contribution in [1.29, 1.82) is 0 Å². The van der Waals surface area contributed by atoms with Crippen LogP contribution in [0.3, 0.4) is 0 Å². The van der Waals surface area contributed by atoms with Crippen LogP contribution in [0.1, 0.15) is 5.56 Å². The summed E-state index contributed by atoms with van der Waals surface area (Å²) in [4.78, 5) is 0.117. The first-order valence-electron chi connectivity index (χ1n) is 9.89.